The third kappa shape index (κ3) is 3.20. The molecule has 0 unspecified atom stereocenters. The van der Waals surface area contributed by atoms with Crippen LogP contribution in [0, 0.1) is 5.82 Å². The molecule has 0 spiro atoms. The first-order valence-electron chi connectivity index (χ1n) is 9.72. The molecule has 0 saturated heterocycles. The van der Waals surface area contributed by atoms with Crippen LogP contribution < -0.4 is 5.22 Å². The van der Waals surface area contributed by atoms with Crippen LogP contribution in [0.3, 0.4) is 0 Å². The summed E-state index contributed by atoms with van der Waals surface area (Å²) in [6.45, 7) is -0.431. The van der Waals surface area contributed by atoms with Gasteiger partial charge in [0.15, 0.2) is 0 Å². The third-order valence-corrected chi connectivity index (χ3v) is 5.37. The maximum Gasteiger partial charge on any atom is 0.416 e. The van der Waals surface area contributed by atoms with Gasteiger partial charge in [-0.05, 0) is 47.0 Å². The van der Waals surface area contributed by atoms with Gasteiger partial charge in [-0.3, -0.25) is 0 Å². The van der Waals surface area contributed by atoms with E-state index in [1.165, 1.54) is 28.8 Å². The van der Waals surface area contributed by atoms with E-state index in [1.807, 2.05) is 0 Å². The fraction of sp³-hybridized carbons (Fsp3) is 0.0833. The largest absolute Gasteiger partial charge is 0.416 e. The zero-order chi connectivity index (χ0) is 22.5. The fourth-order valence-corrected chi connectivity index (χ4v) is 4.02. The molecule has 0 radical (unpaired) electrons. The summed E-state index contributed by atoms with van der Waals surface area (Å²) >= 11 is 0. The Morgan fingerprint density at radius 3 is 2.38 bits per heavy atom. The number of aliphatic hydroxyl groups is 1. The molecule has 0 saturated carbocycles. The van der Waals surface area contributed by atoms with E-state index in [9.17, 15) is 22.7 Å². The minimum absolute atomic E-state index is 0.247. The second-order valence-electron chi connectivity index (χ2n) is 7.31. The summed E-state index contributed by atoms with van der Waals surface area (Å²) in [5, 5.41) is 18.9. The Balaban J connectivity index is 2.04. The Morgan fingerprint density at radius 2 is 1.66 bits per heavy atom. The maximum atomic E-state index is 14.3. The van der Waals surface area contributed by atoms with Gasteiger partial charge in [0.25, 0.3) is 0 Å². The SMILES string of the molecule is OCc1nnn2c1/c(=C(/c1ccccc1)c1cccc(C(F)(F)F)c1)c1cc(F)ccc12. The van der Waals surface area contributed by atoms with Crippen molar-refractivity contribution in [2.45, 2.75) is 12.8 Å². The number of hydrogen-bond donors (Lipinski definition) is 1. The topological polar surface area (TPSA) is 50.4 Å². The average molecular weight is 437 g/mol. The second kappa shape index (κ2) is 7.42. The molecule has 160 valence electrons. The Kier molecular flexibility index (Phi) is 4.67. The second-order valence-corrected chi connectivity index (χ2v) is 7.31. The molecule has 32 heavy (non-hydrogen) atoms. The number of benzene rings is 3. The van der Waals surface area contributed by atoms with Crippen LogP contribution in [0.15, 0.2) is 72.8 Å². The molecule has 0 aliphatic rings. The number of halogens is 4. The molecule has 4 nitrogen and oxygen atoms in total. The van der Waals surface area contributed by atoms with Gasteiger partial charge in [-0.1, -0.05) is 47.7 Å². The Bertz CT molecular complexity index is 1510. The van der Waals surface area contributed by atoms with E-state index < -0.39 is 24.2 Å². The van der Waals surface area contributed by atoms with Gasteiger partial charge in [-0.2, -0.15) is 13.2 Å². The van der Waals surface area contributed by atoms with Gasteiger partial charge >= 0.3 is 6.18 Å². The van der Waals surface area contributed by atoms with Gasteiger partial charge in [-0.15, -0.1) is 5.10 Å². The maximum absolute atomic E-state index is 14.3. The van der Waals surface area contributed by atoms with E-state index >= 15 is 0 Å². The number of nitrogens with zero attached hydrogens (tertiary/aromatic N) is 3. The number of fused-ring (bicyclic) bond motifs is 3. The minimum atomic E-state index is -4.53. The molecule has 8 heteroatoms. The summed E-state index contributed by atoms with van der Waals surface area (Å²) in [5.41, 5.74) is 1.80. The normalized spacial score (nSPS) is 13.2. The summed E-state index contributed by atoms with van der Waals surface area (Å²) in [5.74, 6) is -0.498. The van der Waals surface area contributed by atoms with E-state index in [0.29, 0.717) is 38.3 Å². The van der Waals surface area contributed by atoms with Crippen LogP contribution in [0.5, 0.6) is 0 Å². The number of aromatic nitrogens is 3. The van der Waals surface area contributed by atoms with Crippen molar-refractivity contribution in [3.63, 3.8) is 0 Å². The van der Waals surface area contributed by atoms with Crippen molar-refractivity contribution < 1.29 is 22.7 Å². The zero-order valence-corrected chi connectivity index (χ0v) is 16.4. The lowest BCUT2D eigenvalue weighted by Gasteiger charge is -2.12. The number of hydrogen-bond acceptors (Lipinski definition) is 3. The highest BCUT2D eigenvalue weighted by atomic mass is 19.4. The predicted octanol–water partition coefficient (Wildman–Crippen LogP) is 4.50. The molecular weight excluding hydrogens is 422 g/mol. The first kappa shape index (κ1) is 20.1. The molecule has 5 rings (SSSR count). The van der Waals surface area contributed by atoms with Crippen molar-refractivity contribution in [1.82, 2.24) is 14.8 Å². The highest BCUT2D eigenvalue weighted by molar-refractivity contribution is 5.96. The van der Waals surface area contributed by atoms with Gasteiger partial charge in [0.1, 0.15) is 17.0 Å². The van der Waals surface area contributed by atoms with E-state index in [-0.39, 0.29) is 5.69 Å². The average Bonchev–Trinajstić information content (AvgIpc) is 3.33. The standard InChI is InChI=1S/C24H15F4N3O/c25-17-9-10-20-18(12-17)22(23-19(13-32)29-30-31(20)23)21(14-5-2-1-3-6-14)15-7-4-8-16(11-15)24(26,27)28/h1-12,32H,13H2/b22-21-. The molecular formula is C24H15F4N3O. The highest BCUT2D eigenvalue weighted by Crippen LogP contribution is 2.33. The van der Waals surface area contributed by atoms with Crippen LogP contribution in [0.2, 0.25) is 0 Å². The zero-order valence-electron chi connectivity index (χ0n) is 16.4. The molecule has 0 aliphatic carbocycles. The van der Waals surface area contributed by atoms with E-state index in [0.717, 1.165) is 12.1 Å². The van der Waals surface area contributed by atoms with Crippen molar-refractivity contribution in [2.75, 3.05) is 0 Å². The summed E-state index contributed by atoms with van der Waals surface area (Å²) in [7, 11) is 0. The molecule has 0 fully saturated rings. The Labute approximate surface area is 179 Å². The van der Waals surface area contributed by atoms with Crippen molar-refractivity contribution in [1.29, 1.82) is 0 Å². The number of rotatable bonds is 3. The van der Waals surface area contributed by atoms with Crippen molar-refractivity contribution in [2.24, 2.45) is 0 Å². The Hall–Kier alpha value is -3.78. The molecule has 0 aliphatic heterocycles. The first-order valence-corrected chi connectivity index (χ1v) is 9.72. The Morgan fingerprint density at radius 1 is 0.906 bits per heavy atom. The van der Waals surface area contributed by atoms with Gasteiger partial charge in [-0.25, -0.2) is 8.91 Å². The minimum Gasteiger partial charge on any atom is -0.390 e. The fourth-order valence-electron chi connectivity index (χ4n) is 4.02. The number of alkyl halides is 3. The van der Waals surface area contributed by atoms with Crippen molar-refractivity contribution >= 4 is 22.0 Å². The molecule has 0 amide bonds. The quantitative estimate of drug-likeness (QED) is 0.423. The van der Waals surface area contributed by atoms with Gasteiger partial charge in [0.2, 0.25) is 0 Å². The van der Waals surface area contributed by atoms with E-state index in [4.69, 9.17) is 0 Å². The summed E-state index contributed by atoms with van der Waals surface area (Å²) in [6.07, 6.45) is -4.53. The summed E-state index contributed by atoms with van der Waals surface area (Å²) in [6, 6.07) is 18.0. The van der Waals surface area contributed by atoms with Crippen LogP contribution in [0.25, 0.3) is 22.0 Å². The van der Waals surface area contributed by atoms with Crippen LogP contribution in [-0.4, -0.2) is 19.9 Å². The van der Waals surface area contributed by atoms with Crippen LogP contribution in [0.4, 0.5) is 17.6 Å². The predicted molar refractivity (Wildman–Crippen MR) is 111 cm³/mol. The molecule has 0 atom stereocenters. The van der Waals surface area contributed by atoms with E-state index in [1.54, 1.807) is 36.4 Å². The van der Waals surface area contributed by atoms with Gasteiger partial charge < -0.3 is 5.11 Å². The highest BCUT2D eigenvalue weighted by Gasteiger charge is 2.31. The third-order valence-electron chi connectivity index (χ3n) is 5.37. The first-order chi connectivity index (χ1) is 15.4. The lowest BCUT2D eigenvalue weighted by Crippen LogP contribution is -2.11. The number of aliphatic hydroxyl groups excluding tert-OH is 1. The lowest BCUT2D eigenvalue weighted by atomic mass is 9.93. The monoisotopic (exact) mass is 437 g/mol. The van der Waals surface area contributed by atoms with Crippen molar-refractivity contribution in [3.05, 3.63) is 106 Å². The molecule has 3 aromatic carbocycles. The molecule has 5 aromatic rings. The molecule has 2 aromatic heterocycles. The molecule has 2 heterocycles. The van der Waals surface area contributed by atoms with Gasteiger partial charge in [0.05, 0.1) is 17.7 Å². The van der Waals surface area contributed by atoms with Crippen LogP contribution in [0.1, 0.15) is 22.4 Å². The lowest BCUT2D eigenvalue weighted by molar-refractivity contribution is -0.137. The molecule has 0 bridgehead atoms. The van der Waals surface area contributed by atoms with Crippen LogP contribution >= 0.6 is 0 Å². The van der Waals surface area contributed by atoms with Crippen molar-refractivity contribution in [3.8, 4) is 0 Å². The van der Waals surface area contributed by atoms with E-state index in [2.05, 4.69) is 10.3 Å². The molecule has 1 N–H and O–H groups in total. The summed E-state index contributed by atoms with van der Waals surface area (Å²) < 4.78 is 56.2. The summed E-state index contributed by atoms with van der Waals surface area (Å²) in [4.78, 5) is 0. The van der Waals surface area contributed by atoms with Gasteiger partial charge in [0, 0.05) is 10.6 Å². The smallest absolute Gasteiger partial charge is 0.390 e. The van der Waals surface area contributed by atoms with Crippen LogP contribution in [-0.2, 0) is 12.8 Å².